The fourth-order valence-corrected chi connectivity index (χ4v) is 3.55. The quantitative estimate of drug-likeness (QED) is 0.836. The van der Waals surface area contributed by atoms with Gasteiger partial charge in [-0.2, -0.15) is 0 Å². The van der Waals surface area contributed by atoms with E-state index in [9.17, 15) is 4.79 Å². The minimum Gasteiger partial charge on any atom is -0.342 e. The number of nitrogens with two attached hydrogens (primary N) is 1. The lowest BCUT2D eigenvalue weighted by Gasteiger charge is -2.34. The summed E-state index contributed by atoms with van der Waals surface area (Å²) in [6.45, 7) is 4.16. The number of carbonyl (C=O) groups excluding carboxylic acids is 1. The Morgan fingerprint density at radius 3 is 2.72 bits per heavy atom. The maximum Gasteiger partial charge on any atom is 0.224 e. The molecule has 1 aliphatic heterocycles. The van der Waals surface area contributed by atoms with E-state index in [1.165, 1.54) is 38.5 Å². The van der Waals surface area contributed by atoms with Gasteiger partial charge in [0.05, 0.1) is 0 Å². The number of likely N-dealkylation sites (tertiary alicyclic amines) is 1. The van der Waals surface area contributed by atoms with Crippen molar-refractivity contribution in [2.24, 2.45) is 11.7 Å². The van der Waals surface area contributed by atoms with E-state index in [-0.39, 0.29) is 5.54 Å². The normalized spacial score (nSPS) is 27.4. The number of carbonyl (C=O) groups is 1. The Balaban J connectivity index is 1.81. The topological polar surface area (TPSA) is 46.3 Å². The molecule has 3 nitrogen and oxygen atoms in total. The summed E-state index contributed by atoms with van der Waals surface area (Å²) in [7, 11) is 0. The summed E-state index contributed by atoms with van der Waals surface area (Å²) < 4.78 is 0. The molecule has 0 aromatic rings. The number of hydrogen-bond acceptors (Lipinski definition) is 2. The highest BCUT2D eigenvalue weighted by atomic mass is 16.2. The first-order valence-electron chi connectivity index (χ1n) is 7.69. The molecule has 2 N–H and O–H groups in total. The van der Waals surface area contributed by atoms with E-state index >= 15 is 0 Å². The van der Waals surface area contributed by atoms with Gasteiger partial charge < -0.3 is 10.6 Å². The van der Waals surface area contributed by atoms with Crippen LogP contribution in [0.5, 0.6) is 0 Å². The van der Waals surface area contributed by atoms with Crippen molar-refractivity contribution in [3.63, 3.8) is 0 Å². The number of rotatable bonds is 4. The molecule has 18 heavy (non-hydrogen) atoms. The van der Waals surface area contributed by atoms with E-state index in [1.54, 1.807) is 0 Å². The second-order valence-corrected chi connectivity index (χ2v) is 6.38. The van der Waals surface area contributed by atoms with Crippen LogP contribution in [0.3, 0.4) is 0 Å². The van der Waals surface area contributed by atoms with Crippen LogP contribution >= 0.6 is 0 Å². The van der Waals surface area contributed by atoms with Gasteiger partial charge in [-0.05, 0) is 31.6 Å². The average Bonchev–Trinajstić information content (AvgIpc) is 2.78. The third-order valence-corrected chi connectivity index (χ3v) is 4.69. The zero-order chi connectivity index (χ0) is 13.0. The first-order valence-corrected chi connectivity index (χ1v) is 7.69. The van der Waals surface area contributed by atoms with Crippen molar-refractivity contribution in [3.05, 3.63) is 0 Å². The van der Waals surface area contributed by atoms with Crippen molar-refractivity contribution < 1.29 is 4.79 Å². The van der Waals surface area contributed by atoms with Crippen molar-refractivity contribution in [1.29, 1.82) is 0 Å². The molecule has 0 spiro atoms. The Morgan fingerprint density at radius 2 is 2.06 bits per heavy atom. The molecule has 104 valence electrons. The predicted molar refractivity (Wildman–Crippen MR) is 74.2 cm³/mol. The standard InChI is InChI=1S/C15H28N2O/c1-2-6-13-7-10-17(12-13)14(18)11-15(16)8-4-3-5-9-15/h13H,2-12,16H2,1H3. The van der Waals surface area contributed by atoms with Crippen LogP contribution < -0.4 is 5.73 Å². The van der Waals surface area contributed by atoms with Gasteiger partial charge in [-0.1, -0.05) is 32.6 Å². The van der Waals surface area contributed by atoms with Crippen molar-refractivity contribution in [3.8, 4) is 0 Å². The van der Waals surface area contributed by atoms with Crippen LogP contribution in [0, 0.1) is 5.92 Å². The van der Waals surface area contributed by atoms with Crippen molar-refractivity contribution in [2.75, 3.05) is 13.1 Å². The fourth-order valence-electron chi connectivity index (χ4n) is 3.55. The van der Waals surface area contributed by atoms with Gasteiger partial charge in [0, 0.05) is 25.0 Å². The average molecular weight is 252 g/mol. The molecule has 1 saturated carbocycles. The second kappa shape index (κ2) is 6.05. The lowest BCUT2D eigenvalue weighted by molar-refractivity contribution is -0.131. The molecule has 2 aliphatic rings. The second-order valence-electron chi connectivity index (χ2n) is 6.38. The number of nitrogens with zero attached hydrogens (tertiary/aromatic N) is 1. The van der Waals surface area contributed by atoms with E-state index in [0.29, 0.717) is 12.3 Å². The molecule has 1 saturated heterocycles. The molecule has 1 heterocycles. The van der Waals surface area contributed by atoms with Crippen LogP contribution in [0.25, 0.3) is 0 Å². The third kappa shape index (κ3) is 3.47. The Labute approximate surface area is 111 Å². The summed E-state index contributed by atoms with van der Waals surface area (Å²) in [5, 5.41) is 0. The highest BCUT2D eigenvalue weighted by Crippen LogP contribution is 2.30. The maximum atomic E-state index is 12.3. The van der Waals surface area contributed by atoms with Crippen molar-refractivity contribution >= 4 is 5.91 Å². The first-order chi connectivity index (χ1) is 8.63. The van der Waals surface area contributed by atoms with Gasteiger partial charge in [-0.15, -0.1) is 0 Å². The third-order valence-electron chi connectivity index (χ3n) is 4.69. The fraction of sp³-hybridized carbons (Fsp3) is 0.933. The van der Waals surface area contributed by atoms with E-state index in [0.717, 1.165) is 31.8 Å². The van der Waals surface area contributed by atoms with Crippen molar-refractivity contribution in [1.82, 2.24) is 4.90 Å². The Morgan fingerprint density at radius 1 is 1.33 bits per heavy atom. The molecule has 1 atom stereocenters. The van der Waals surface area contributed by atoms with E-state index in [4.69, 9.17) is 5.73 Å². The minimum absolute atomic E-state index is 0.196. The first kappa shape index (κ1) is 13.9. The van der Waals surface area contributed by atoms with Gasteiger partial charge in [0.2, 0.25) is 5.91 Å². The minimum atomic E-state index is -0.196. The molecule has 0 bridgehead atoms. The zero-order valence-electron chi connectivity index (χ0n) is 11.8. The summed E-state index contributed by atoms with van der Waals surface area (Å²) in [4.78, 5) is 14.4. The highest BCUT2D eigenvalue weighted by molar-refractivity contribution is 5.77. The largest absolute Gasteiger partial charge is 0.342 e. The van der Waals surface area contributed by atoms with Gasteiger partial charge in [0.15, 0.2) is 0 Å². The smallest absolute Gasteiger partial charge is 0.224 e. The summed E-state index contributed by atoms with van der Waals surface area (Å²) >= 11 is 0. The Hall–Kier alpha value is -0.570. The van der Waals surface area contributed by atoms with E-state index < -0.39 is 0 Å². The van der Waals surface area contributed by atoms with Crippen LogP contribution in [0.4, 0.5) is 0 Å². The number of hydrogen-bond donors (Lipinski definition) is 1. The molecule has 1 aliphatic carbocycles. The Bertz CT molecular complexity index is 284. The van der Waals surface area contributed by atoms with Gasteiger partial charge in [0.1, 0.15) is 0 Å². The van der Waals surface area contributed by atoms with Gasteiger partial charge >= 0.3 is 0 Å². The van der Waals surface area contributed by atoms with Crippen LogP contribution in [0.1, 0.15) is 64.7 Å². The van der Waals surface area contributed by atoms with Gasteiger partial charge in [-0.25, -0.2) is 0 Å². The lowest BCUT2D eigenvalue weighted by Crippen LogP contribution is -2.46. The van der Waals surface area contributed by atoms with E-state index in [1.807, 2.05) is 0 Å². The molecule has 2 rings (SSSR count). The number of amides is 1. The molecule has 0 aromatic heterocycles. The molecule has 3 heteroatoms. The highest BCUT2D eigenvalue weighted by Gasteiger charge is 2.33. The molecule has 0 radical (unpaired) electrons. The van der Waals surface area contributed by atoms with Gasteiger partial charge in [0.25, 0.3) is 0 Å². The molecule has 1 amide bonds. The van der Waals surface area contributed by atoms with E-state index in [2.05, 4.69) is 11.8 Å². The van der Waals surface area contributed by atoms with Crippen molar-refractivity contribution in [2.45, 2.75) is 70.3 Å². The lowest BCUT2D eigenvalue weighted by atomic mass is 9.80. The van der Waals surface area contributed by atoms with Crippen LogP contribution in [0.15, 0.2) is 0 Å². The van der Waals surface area contributed by atoms with Crippen LogP contribution in [-0.2, 0) is 4.79 Å². The summed E-state index contributed by atoms with van der Waals surface area (Å²) in [5.74, 6) is 1.04. The predicted octanol–water partition coefficient (Wildman–Crippen LogP) is 2.69. The Kier molecular flexibility index (Phi) is 4.66. The SMILES string of the molecule is CCCC1CCN(C(=O)CC2(N)CCCCC2)C1. The molecular formula is C15H28N2O. The van der Waals surface area contributed by atoms with Crippen LogP contribution in [0.2, 0.25) is 0 Å². The maximum absolute atomic E-state index is 12.3. The summed E-state index contributed by atoms with van der Waals surface area (Å²) in [6.07, 6.45) is 10.0. The molecule has 0 aromatic carbocycles. The molecule has 1 unspecified atom stereocenters. The monoisotopic (exact) mass is 252 g/mol. The summed E-state index contributed by atoms with van der Waals surface area (Å²) in [6, 6.07) is 0. The van der Waals surface area contributed by atoms with Crippen LogP contribution in [-0.4, -0.2) is 29.4 Å². The summed E-state index contributed by atoms with van der Waals surface area (Å²) in [5.41, 5.74) is 6.18. The molecular weight excluding hydrogens is 224 g/mol. The zero-order valence-corrected chi connectivity index (χ0v) is 11.8. The van der Waals surface area contributed by atoms with Gasteiger partial charge in [-0.3, -0.25) is 4.79 Å². The molecule has 2 fully saturated rings.